The smallest absolute Gasteiger partial charge is 0.226 e. The van der Waals surface area contributed by atoms with Gasteiger partial charge in [0.25, 0.3) is 0 Å². The van der Waals surface area contributed by atoms with Crippen molar-refractivity contribution in [3.8, 4) is 0 Å². The zero-order valence-corrected chi connectivity index (χ0v) is 9.40. The van der Waals surface area contributed by atoms with Gasteiger partial charge in [0.15, 0.2) is 0 Å². The topological polar surface area (TPSA) is 49.3 Å². The molecule has 0 aromatic carbocycles. The fourth-order valence-corrected chi connectivity index (χ4v) is 0.718. The van der Waals surface area contributed by atoms with Crippen molar-refractivity contribution < 1.29 is 9.90 Å². The molecule has 0 spiro atoms. The number of aliphatic hydroxyl groups is 1. The number of halogens is 1. The van der Waals surface area contributed by atoms with Crippen LogP contribution in [0.2, 0.25) is 0 Å². The van der Waals surface area contributed by atoms with E-state index in [-0.39, 0.29) is 18.3 Å². The Morgan fingerprint density at radius 3 is 2.15 bits per heavy atom. The van der Waals surface area contributed by atoms with Gasteiger partial charge in [-0.1, -0.05) is 0 Å². The van der Waals surface area contributed by atoms with Crippen molar-refractivity contribution in [1.82, 2.24) is 5.32 Å². The quantitative estimate of drug-likeness (QED) is 0.680. The number of amides is 1. The second kappa shape index (κ2) is 4.29. The van der Waals surface area contributed by atoms with Crippen molar-refractivity contribution in [1.29, 1.82) is 0 Å². The molecule has 0 rings (SSSR count). The largest absolute Gasteiger partial charge is 0.389 e. The molecule has 0 atom stereocenters. The molecule has 0 bridgehead atoms. The van der Waals surface area contributed by atoms with E-state index in [1.807, 2.05) is 0 Å². The van der Waals surface area contributed by atoms with Gasteiger partial charge in [0.2, 0.25) is 5.91 Å². The van der Waals surface area contributed by atoms with Crippen LogP contribution in [0.1, 0.15) is 27.7 Å². The summed E-state index contributed by atoms with van der Waals surface area (Å²) in [6, 6.07) is 0. The molecule has 0 aromatic rings. The molecule has 0 unspecified atom stereocenters. The van der Waals surface area contributed by atoms with E-state index >= 15 is 0 Å². The van der Waals surface area contributed by atoms with Crippen molar-refractivity contribution in [3.63, 3.8) is 0 Å². The van der Waals surface area contributed by atoms with Gasteiger partial charge in [0.05, 0.1) is 11.0 Å². The van der Waals surface area contributed by atoms with E-state index < -0.39 is 11.0 Å². The monoisotopic (exact) mass is 207 g/mol. The summed E-state index contributed by atoms with van der Waals surface area (Å²) in [5, 5.41) is 12.0. The standard InChI is InChI=1S/C9H18ClNO2/c1-8(2,5-10)7(12)11-6-9(3,4)13/h13H,5-6H2,1-4H3,(H,11,12). The highest BCUT2D eigenvalue weighted by atomic mass is 35.5. The third kappa shape index (κ3) is 5.11. The number of rotatable bonds is 4. The van der Waals surface area contributed by atoms with Gasteiger partial charge in [0.1, 0.15) is 0 Å². The first-order chi connectivity index (χ1) is 5.69. The Labute approximate surface area is 84.5 Å². The van der Waals surface area contributed by atoms with Crippen LogP contribution in [0.4, 0.5) is 0 Å². The molecule has 0 radical (unpaired) electrons. The van der Waals surface area contributed by atoms with E-state index in [2.05, 4.69) is 5.32 Å². The van der Waals surface area contributed by atoms with Crippen molar-refractivity contribution in [3.05, 3.63) is 0 Å². The molecule has 0 aliphatic heterocycles. The molecule has 1 amide bonds. The number of hydrogen-bond donors (Lipinski definition) is 2. The van der Waals surface area contributed by atoms with Crippen molar-refractivity contribution in [2.75, 3.05) is 12.4 Å². The summed E-state index contributed by atoms with van der Waals surface area (Å²) in [6.07, 6.45) is 0. The zero-order chi connectivity index (χ0) is 10.7. The molecule has 0 aliphatic rings. The molecule has 0 aromatic heterocycles. The first-order valence-electron chi connectivity index (χ1n) is 4.26. The molecule has 4 heteroatoms. The summed E-state index contributed by atoms with van der Waals surface area (Å²) in [5.41, 5.74) is -1.45. The minimum absolute atomic E-state index is 0.135. The number of hydrogen-bond acceptors (Lipinski definition) is 2. The van der Waals surface area contributed by atoms with Crippen LogP contribution in [0.15, 0.2) is 0 Å². The predicted molar refractivity (Wildman–Crippen MR) is 53.8 cm³/mol. The SMILES string of the molecule is CC(C)(O)CNC(=O)C(C)(C)CCl. The molecule has 2 N–H and O–H groups in total. The van der Waals surface area contributed by atoms with E-state index in [1.165, 1.54) is 0 Å². The summed E-state index contributed by atoms with van der Waals surface area (Å²) in [7, 11) is 0. The van der Waals surface area contributed by atoms with Gasteiger partial charge in [-0.2, -0.15) is 0 Å². The predicted octanol–water partition coefficient (Wildman–Crippen LogP) is 1.14. The molecule has 0 saturated carbocycles. The van der Waals surface area contributed by atoms with Crippen LogP contribution in [-0.4, -0.2) is 29.0 Å². The Kier molecular flexibility index (Phi) is 4.20. The normalized spacial score (nSPS) is 12.8. The highest BCUT2D eigenvalue weighted by Gasteiger charge is 2.27. The lowest BCUT2D eigenvalue weighted by Crippen LogP contribution is -2.44. The van der Waals surface area contributed by atoms with Crippen LogP contribution in [0.25, 0.3) is 0 Å². The molecule has 78 valence electrons. The van der Waals surface area contributed by atoms with Gasteiger partial charge < -0.3 is 10.4 Å². The Bertz CT molecular complexity index is 185. The zero-order valence-electron chi connectivity index (χ0n) is 8.65. The highest BCUT2D eigenvalue weighted by Crippen LogP contribution is 2.16. The minimum atomic E-state index is -0.877. The lowest BCUT2D eigenvalue weighted by atomic mass is 9.95. The van der Waals surface area contributed by atoms with Gasteiger partial charge >= 0.3 is 0 Å². The van der Waals surface area contributed by atoms with E-state index in [4.69, 9.17) is 11.6 Å². The van der Waals surface area contributed by atoms with Crippen LogP contribution in [-0.2, 0) is 4.79 Å². The summed E-state index contributed by atoms with van der Waals surface area (Å²) in [4.78, 5) is 11.4. The summed E-state index contributed by atoms with van der Waals surface area (Å²) in [6.45, 7) is 7.05. The third-order valence-corrected chi connectivity index (χ3v) is 2.30. The Morgan fingerprint density at radius 2 is 1.85 bits per heavy atom. The summed E-state index contributed by atoms with van der Waals surface area (Å²) < 4.78 is 0. The fraction of sp³-hybridized carbons (Fsp3) is 0.889. The van der Waals surface area contributed by atoms with Gasteiger partial charge in [0, 0.05) is 12.4 Å². The summed E-state index contributed by atoms with van der Waals surface area (Å²) in [5.74, 6) is 0.134. The van der Waals surface area contributed by atoms with E-state index in [0.717, 1.165) is 0 Å². The molecule has 0 saturated heterocycles. The van der Waals surface area contributed by atoms with E-state index in [9.17, 15) is 9.90 Å². The number of alkyl halides is 1. The average molecular weight is 208 g/mol. The second-order valence-electron chi connectivity index (χ2n) is 4.51. The molecule has 0 aliphatic carbocycles. The molecule has 13 heavy (non-hydrogen) atoms. The number of nitrogens with one attached hydrogen (secondary N) is 1. The van der Waals surface area contributed by atoms with Crippen molar-refractivity contribution in [2.24, 2.45) is 5.41 Å². The van der Waals surface area contributed by atoms with E-state index in [0.29, 0.717) is 0 Å². The Balaban J connectivity index is 4.03. The minimum Gasteiger partial charge on any atom is -0.389 e. The molecule has 0 heterocycles. The van der Waals surface area contributed by atoms with Crippen LogP contribution in [0.3, 0.4) is 0 Å². The lowest BCUT2D eigenvalue weighted by Gasteiger charge is -2.24. The van der Waals surface area contributed by atoms with Crippen LogP contribution in [0.5, 0.6) is 0 Å². The molecule has 0 fully saturated rings. The lowest BCUT2D eigenvalue weighted by molar-refractivity contribution is -0.129. The van der Waals surface area contributed by atoms with Gasteiger partial charge in [-0.25, -0.2) is 0 Å². The van der Waals surface area contributed by atoms with Gasteiger partial charge in [-0.05, 0) is 27.7 Å². The van der Waals surface area contributed by atoms with Crippen LogP contribution in [0, 0.1) is 5.41 Å². The summed E-state index contributed by atoms with van der Waals surface area (Å²) >= 11 is 5.61. The molecule has 3 nitrogen and oxygen atoms in total. The van der Waals surface area contributed by atoms with Crippen LogP contribution < -0.4 is 5.32 Å². The maximum Gasteiger partial charge on any atom is 0.226 e. The molecular formula is C9H18ClNO2. The van der Waals surface area contributed by atoms with E-state index in [1.54, 1.807) is 27.7 Å². The third-order valence-electron chi connectivity index (χ3n) is 1.63. The van der Waals surface area contributed by atoms with Crippen molar-refractivity contribution >= 4 is 17.5 Å². The first kappa shape index (κ1) is 12.7. The highest BCUT2D eigenvalue weighted by molar-refractivity contribution is 6.19. The Hall–Kier alpha value is -0.280. The number of carbonyl (C=O) groups excluding carboxylic acids is 1. The van der Waals surface area contributed by atoms with Gasteiger partial charge in [-0.15, -0.1) is 11.6 Å². The molecular weight excluding hydrogens is 190 g/mol. The van der Waals surface area contributed by atoms with Crippen LogP contribution >= 0.6 is 11.6 Å². The first-order valence-corrected chi connectivity index (χ1v) is 4.79. The Morgan fingerprint density at radius 1 is 1.38 bits per heavy atom. The van der Waals surface area contributed by atoms with Crippen molar-refractivity contribution in [2.45, 2.75) is 33.3 Å². The maximum absolute atomic E-state index is 11.4. The fourth-order valence-electron chi connectivity index (χ4n) is 0.597. The second-order valence-corrected chi connectivity index (χ2v) is 4.78. The number of carbonyl (C=O) groups is 1. The maximum atomic E-state index is 11.4. The van der Waals surface area contributed by atoms with Gasteiger partial charge in [-0.3, -0.25) is 4.79 Å². The average Bonchev–Trinajstić information content (AvgIpc) is 1.98.